The predicted molar refractivity (Wildman–Crippen MR) is 84.5 cm³/mol. The number of hydrogen-bond donors (Lipinski definition) is 2. The van der Waals surface area contributed by atoms with E-state index in [0.29, 0.717) is 13.2 Å². The zero-order chi connectivity index (χ0) is 14.5. The Hall–Kier alpha value is -1.84. The van der Waals surface area contributed by atoms with Gasteiger partial charge < -0.3 is 15.2 Å². The average Bonchev–Trinajstić information content (AvgIpc) is 2.49. The second-order valence-electron chi connectivity index (χ2n) is 5.82. The molecule has 3 heteroatoms. The van der Waals surface area contributed by atoms with Crippen LogP contribution in [0.5, 0.6) is 0 Å². The molecule has 2 aromatic carbocycles. The number of benzene rings is 2. The van der Waals surface area contributed by atoms with Gasteiger partial charge in [0.1, 0.15) is 0 Å². The number of para-hydroxylation sites is 1. The van der Waals surface area contributed by atoms with Crippen molar-refractivity contribution in [3.8, 4) is 0 Å². The molecular formula is C18H21NO2. The first-order valence-electron chi connectivity index (χ1n) is 7.36. The number of rotatable bonds is 6. The maximum atomic E-state index is 9.50. The lowest BCUT2D eigenvalue weighted by molar-refractivity contribution is -0.128. The van der Waals surface area contributed by atoms with E-state index in [9.17, 15) is 5.11 Å². The van der Waals surface area contributed by atoms with Crippen LogP contribution in [0, 0.1) is 5.41 Å². The maximum Gasteiger partial charge on any atom is 0.0584 e. The van der Waals surface area contributed by atoms with E-state index in [1.165, 1.54) is 11.1 Å². The number of aliphatic hydroxyl groups is 1. The van der Waals surface area contributed by atoms with Crippen LogP contribution in [-0.2, 0) is 11.2 Å². The fraction of sp³-hybridized carbons (Fsp3) is 0.333. The summed E-state index contributed by atoms with van der Waals surface area (Å²) in [4.78, 5) is 0. The second kappa shape index (κ2) is 6.29. The molecule has 1 aliphatic heterocycles. The van der Waals surface area contributed by atoms with Gasteiger partial charge in [0.25, 0.3) is 0 Å². The molecule has 0 amide bonds. The summed E-state index contributed by atoms with van der Waals surface area (Å²) in [5.74, 6) is 0. The minimum atomic E-state index is -0.111. The normalized spacial score (nSPS) is 16.2. The van der Waals surface area contributed by atoms with Crippen molar-refractivity contribution >= 4 is 5.69 Å². The highest BCUT2D eigenvalue weighted by Gasteiger charge is 2.37. The van der Waals surface area contributed by atoms with E-state index in [1.54, 1.807) is 0 Å². The van der Waals surface area contributed by atoms with Gasteiger partial charge in [0.05, 0.1) is 25.2 Å². The van der Waals surface area contributed by atoms with Crippen molar-refractivity contribution < 1.29 is 9.84 Å². The minimum Gasteiger partial charge on any atom is -0.396 e. The number of anilines is 1. The lowest BCUT2D eigenvalue weighted by atomic mass is 9.87. The molecule has 1 heterocycles. The van der Waals surface area contributed by atoms with Gasteiger partial charge in [-0.15, -0.1) is 0 Å². The molecule has 2 N–H and O–H groups in total. The van der Waals surface area contributed by atoms with E-state index in [2.05, 4.69) is 47.8 Å². The van der Waals surface area contributed by atoms with Gasteiger partial charge in [0, 0.05) is 12.2 Å². The summed E-state index contributed by atoms with van der Waals surface area (Å²) in [5, 5.41) is 13.0. The summed E-state index contributed by atoms with van der Waals surface area (Å²) in [5.41, 5.74) is 3.61. The Kier molecular flexibility index (Phi) is 4.23. The fourth-order valence-electron chi connectivity index (χ4n) is 2.59. The first-order valence-corrected chi connectivity index (χ1v) is 7.36. The molecule has 0 aliphatic carbocycles. The highest BCUT2D eigenvalue weighted by Crippen LogP contribution is 2.28. The lowest BCUT2D eigenvalue weighted by Crippen LogP contribution is -2.50. The Balaban J connectivity index is 1.70. The highest BCUT2D eigenvalue weighted by atomic mass is 16.5. The number of ether oxygens (including phenoxy) is 1. The summed E-state index contributed by atoms with van der Waals surface area (Å²) in [6.07, 6.45) is 0.909. The molecule has 21 heavy (non-hydrogen) atoms. The average molecular weight is 283 g/mol. The Bertz CT molecular complexity index is 573. The van der Waals surface area contributed by atoms with Crippen LogP contribution in [0.2, 0.25) is 0 Å². The van der Waals surface area contributed by atoms with E-state index in [1.807, 2.05) is 12.1 Å². The monoisotopic (exact) mass is 283 g/mol. The largest absolute Gasteiger partial charge is 0.396 e. The molecule has 0 spiro atoms. The number of hydrogen-bond acceptors (Lipinski definition) is 3. The van der Waals surface area contributed by atoms with Crippen LogP contribution < -0.4 is 5.32 Å². The van der Waals surface area contributed by atoms with Gasteiger partial charge >= 0.3 is 0 Å². The van der Waals surface area contributed by atoms with Crippen molar-refractivity contribution in [3.63, 3.8) is 0 Å². The Morgan fingerprint density at radius 3 is 2.38 bits per heavy atom. The molecule has 0 saturated carbocycles. The van der Waals surface area contributed by atoms with Gasteiger partial charge in [-0.05, 0) is 23.6 Å². The van der Waals surface area contributed by atoms with E-state index in [-0.39, 0.29) is 12.0 Å². The SMILES string of the molecule is OCC1(CNc2ccccc2Cc2ccccc2)COC1. The molecule has 2 aromatic rings. The fourth-order valence-corrected chi connectivity index (χ4v) is 2.59. The molecular weight excluding hydrogens is 262 g/mol. The van der Waals surface area contributed by atoms with E-state index in [4.69, 9.17) is 4.74 Å². The van der Waals surface area contributed by atoms with Crippen LogP contribution in [0.15, 0.2) is 54.6 Å². The molecule has 1 fully saturated rings. The lowest BCUT2D eigenvalue weighted by Gasteiger charge is -2.40. The first kappa shape index (κ1) is 14.1. The molecule has 0 atom stereocenters. The molecule has 0 aromatic heterocycles. The molecule has 3 rings (SSSR count). The summed E-state index contributed by atoms with van der Waals surface area (Å²) < 4.78 is 5.24. The number of nitrogens with one attached hydrogen (secondary N) is 1. The van der Waals surface area contributed by atoms with Crippen LogP contribution in [0.4, 0.5) is 5.69 Å². The van der Waals surface area contributed by atoms with Crippen LogP contribution in [0.25, 0.3) is 0 Å². The Morgan fingerprint density at radius 2 is 1.71 bits per heavy atom. The maximum absolute atomic E-state index is 9.50. The van der Waals surface area contributed by atoms with Gasteiger partial charge in [0.2, 0.25) is 0 Å². The van der Waals surface area contributed by atoms with Crippen molar-refractivity contribution in [2.24, 2.45) is 5.41 Å². The summed E-state index contributed by atoms with van der Waals surface area (Å²) in [6.45, 7) is 2.19. The van der Waals surface area contributed by atoms with Crippen molar-refractivity contribution in [1.82, 2.24) is 0 Å². The van der Waals surface area contributed by atoms with Gasteiger partial charge in [-0.25, -0.2) is 0 Å². The van der Waals surface area contributed by atoms with Gasteiger partial charge in [0.15, 0.2) is 0 Å². The van der Waals surface area contributed by atoms with Gasteiger partial charge in [-0.3, -0.25) is 0 Å². The first-order chi connectivity index (χ1) is 10.3. The second-order valence-corrected chi connectivity index (χ2v) is 5.82. The predicted octanol–water partition coefficient (Wildman–Crippen LogP) is 2.70. The van der Waals surface area contributed by atoms with Gasteiger partial charge in [-0.2, -0.15) is 0 Å². The van der Waals surface area contributed by atoms with Crippen molar-refractivity contribution in [1.29, 1.82) is 0 Å². The third-order valence-electron chi connectivity index (χ3n) is 4.06. The molecule has 0 unspecified atom stereocenters. The van der Waals surface area contributed by atoms with Crippen LogP contribution >= 0.6 is 0 Å². The molecule has 1 aliphatic rings. The third-order valence-corrected chi connectivity index (χ3v) is 4.06. The Morgan fingerprint density at radius 1 is 1.00 bits per heavy atom. The molecule has 0 radical (unpaired) electrons. The van der Waals surface area contributed by atoms with Crippen LogP contribution in [-0.4, -0.2) is 31.5 Å². The smallest absolute Gasteiger partial charge is 0.0584 e. The zero-order valence-corrected chi connectivity index (χ0v) is 12.1. The van der Waals surface area contributed by atoms with E-state index in [0.717, 1.165) is 18.7 Å². The van der Waals surface area contributed by atoms with E-state index >= 15 is 0 Å². The highest BCUT2D eigenvalue weighted by molar-refractivity contribution is 5.53. The summed E-state index contributed by atoms with van der Waals surface area (Å²) in [7, 11) is 0. The summed E-state index contributed by atoms with van der Waals surface area (Å²) >= 11 is 0. The topological polar surface area (TPSA) is 41.5 Å². The van der Waals surface area contributed by atoms with Crippen molar-refractivity contribution in [2.45, 2.75) is 6.42 Å². The minimum absolute atomic E-state index is 0.111. The Labute approximate surface area is 125 Å². The van der Waals surface area contributed by atoms with Crippen LogP contribution in [0.3, 0.4) is 0 Å². The zero-order valence-electron chi connectivity index (χ0n) is 12.1. The van der Waals surface area contributed by atoms with Crippen molar-refractivity contribution in [3.05, 3.63) is 65.7 Å². The quantitative estimate of drug-likeness (QED) is 0.856. The molecule has 110 valence electrons. The summed E-state index contributed by atoms with van der Waals surface area (Å²) in [6, 6.07) is 18.8. The molecule has 1 saturated heterocycles. The standard InChI is InChI=1S/C18H21NO2/c20-12-18(13-21-14-18)11-19-17-9-5-4-8-16(17)10-15-6-2-1-3-7-15/h1-9,19-20H,10-14H2. The molecule has 0 bridgehead atoms. The molecule has 3 nitrogen and oxygen atoms in total. The third kappa shape index (κ3) is 3.26. The van der Waals surface area contributed by atoms with E-state index < -0.39 is 0 Å². The van der Waals surface area contributed by atoms with Crippen LogP contribution in [0.1, 0.15) is 11.1 Å². The van der Waals surface area contributed by atoms with Gasteiger partial charge in [-0.1, -0.05) is 48.5 Å². The van der Waals surface area contributed by atoms with Crippen molar-refractivity contribution in [2.75, 3.05) is 31.7 Å². The number of aliphatic hydroxyl groups excluding tert-OH is 1.